The standard InChI is InChI=1S/C12H8N4O/c17-8-9-3-6-16-11(7-9)14-12(15-16)10-1-4-13-5-2-10/h1-8H. The van der Waals surface area contributed by atoms with Crippen molar-refractivity contribution >= 4 is 11.9 Å². The molecule has 0 bridgehead atoms. The van der Waals surface area contributed by atoms with Gasteiger partial charge >= 0.3 is 0 Å². The molecule has 0 saturated carbocycles. The quantitative estimate of drug-likeness (QED) is 0.620. The van der Waals surface area contributed by atoms with E-state index in [0.29, 0.717) is 17.0 Å². The molecule has 0 spiro atoms. The van der Waals surface area contributed by atoms with Crippen LogP contribution in [0, 0.1) is 0 Å². The number of rotatable bonds is 2. The van der Waals surface area contributed by atoms with Gasteiger partial charge < -0.3 is 0 Å². The Morgan fingerprint density at radius 1 is 1.18 bits per heavy atom. The summed E-state index contributed by atoms with van der Waals surface area (Å²) >= 11 is 0. The second kappa shape index (κ2) is 3.79. The van der Waals surface area contributed by atoms with Gasteiger partial charge in [0.25, 0.3) is 0 Å². The maximum atomic E-state index is 10.7. The van der Waals surface area contributed by atoms with Gasteiger partial charge in [-0.15, -0.1) is 5.10 Å². The molecule has 0 radical (unpaired) electrons. The molecule has 0 N–H and O–H groups in total. The lowest BCUT2D eigenvalue weighted by Gasteiger charge is -1.91. The fraction of sp³-hybridized carbons (Fsp3) is 0. The molecule has 0 aliphatic carbocycles. The van der Waals surface area contributed by atoms with Crippen LogP contribution in [0.1, 0.15) is 10.4 Å². The lowest BCUT2D eigenvalue weighted by Crippen LogP contribution is -1.88. The van der Waals surface area contributed by atoms with E-state index in [0.717, 1.165) is 11.8 Å². The monoisotopic (exact) mass is 224 g/mol. The fourth-order valence-electron chi connectivity index (χ4n) is 1.59. The van der Waals surface area contributed by atoms with Crippen LogP contribution >= 0.6 is 0 Å². The van der Waals surface area contributed by atoms with Gasteiger partial charge in [-0.3, -0.25) is 9.78 Å². The van der Waals surface area contributed by atoms with E-state index in [4.69, 9.17) is 0 Å². The van der Waals surface area contributed by atoms with E-state index in [1.807, 2.05) is 12.1 Å². The van der Waals surface area contributed by atoms with Crippen LogP contribution < -0.4 is 0 Å². The highest BCUT2D eigenvalue weighted by Gasteiger charge is 2.05. The highest BCUT2D eigenvalue weighted by molar-refractivity contribution is 5.76. The zero-order valence-electron chi connectivity index (χ0n) is 8.82. The van der Waals surface area contributed by atoms with Crippen molar-refractivity contribution in [2.45, 2.75) is 0 Å². The van der Waals surface area contributed by atoms with Crippen LogP contribution in [0.3, 0.4) is 0 Å². The number of hydrogen-bond acceptors (Lipinski definition) is 4. The Bertz CT molecular complexity index is 675. The molecule has 0 aliphatic heterocycles. The maximum absolute atomic E-state index is 10.7. The summed E-state index contributed by atoms with van der Waals surface area (Å²) in [5, 5.41) is 4.32. The molecule has 0 aliphatic rings. The average Bonchev–Trinajstić information content (AvgIpc) is 2.82. The van der Waals surface area contributed by atoms with Crippen molar-refractivity contribution in [2.75, 3.05) is 0 Å². The van der Waals surface area contributed by atoms with E-state index in [1.54, 1.807) is 35.2 Å². The average molecular weight is 224 g/mol. The van der Waals surface area contributed by atoms with Crippen LogP contribution in [-0.4, -0.2) is 25.9 Å². The number of nitrogens with zero attached hydrogens (tertiary/aromatic N) is 4. The van der Waals surface area contributed by atoms with Gasteiger partial charge in [0.1, 0.15) is 6.29 Å². The van der Waals surface area contributed by atoms with Gasteiger partial charge in [0.05, 0.1) is 0 Å². The van der Waals surface area contributed by atoms with Gasteiger partial charge in [-0.2, -0.15) is 0 Å². The first-order valence-electron chi connectivity index (χ1n) is 5.09. The predicted octanol–water partition coefficient (Wildman–Crippen LogP) is 1.60. The van der Waals surface area contributed by atoms with Gasteiger partial charge in [-0.1, -0.05) is 0 Å². The molecule has 0 aromatic carbocycles. The highest BCUT2D eigenvalue weighted by Crippen LogP contribution is 2.15. The molecule has 0 amide bonds. The Labute approximate surface area is 96.8 Å². The first-order valence-corrected chi connectivity index (χ1v) is 5.09. The number of aldehydes is 1. The van der Waals surface area contributed by atoms with E-state index in [1.165, 1.54) is 0 Å². The van der Waals surface area contributed by atoms with Crippen molar-refractivity contribution in [3.63, 3.8) is 0 Å². The van der Waals surface area contributed by atoms with Gasteiger partial charge in [-0.05, 0) is 24.3 Å². The molecule has 3 aromatic rings. The van der Waals surface area contributed by atoms with Crippen molar-refractivity contribution in [1.29, 1.82) is 0 Å². The van der Waals surface area contributed by atoms with Gasteiger partial charge in [0.2, 0.25) is 0 Å². The van der Waals surface area contributed by atoms with Crippen LogP contribution in [0.2, 0.25) is 0 Å². The minimum atomic E-state index is 0.589. The van der Waals surface area contributed by atoms with Crippen LogP contribution in [-0.2, 0) is 0 Å². The van der Waals surface area contributed by atoms with Crippen molar-refractivity contribution in [3.8, 4) is 11.4 Å². The van der Waals surface area contributed by atoms with E-state index in [2.05, 4.69) is 15.1 Å². The van der Waals surface area contributed by atoms with Crippen LogP contribution in [0.15, 0.2) is 42.9 Å². The van der Waals surface area contributed by atoms with Crippen molar-refractivity contribution in [3.05, 3.63) is 48.4 Å². The summed E-state index contributed by atoms with van der Waals surface area (Å²) in [5.74, 6) is 0.621. The molecule has 17 heavy (non-hydrogen) atoms. The molecule has 5 nitrogen and oxygen atoms in total. The summed E-state index contributed by atoms with van der Waals surface area (Å²) in [4.78, 5) is 19.0. The summed E-state index contributed by atoms with van der Waals surface area (Å²) in [6, 6.07) is 7.08. The highest BCUT2D eigenvalue weighted by atomic mass is 16.1. The summed E-state index contributed by atoms with van der Waals surface area (Å²) in [5.41, 5.74) is 2.14. The number of carbonyl (C=O) groups excluding carboxylic acids is 1. The molecule has 3 heterocycles. The first kappa shape index (κ1) is 9.65. The largest absolute Gasteiger partial charge is 0.298 e. The van der Waals surface area contributed by atoms with Crippen LogP contribution in [0.4, 0.5) is 0 Å². The normalized spacial score (nSPS) is 10.6. The summed E-state index contributed by atoms with van der Waals surface area (Å²) in [6.07, 6.45) is 5.90. The fourth-order valence-corrected chi connectivity index (χ4v) is 1.59. The second-order valence-corrected chi connectivity index (χ2v) is 3.55. The lowest BCUT2D eigenvalue weighted by atomic mass is 10.2. The van der Waals surface area contributed by atoms with Crippen LogP contribution in [0.5, 0.6) is 0 Å². The number of carbonyl (C=O) groups is 1. The van der Waals surface area contributed by atoms with Crippen molar-refractivity contribution in [2.24, 2.45) is 0 Å². The molecule has 82 valence electrons. The molecule has 0 atom stereocenters. The Morgan fingerprint density at radius 3 is 2.76 bits per heavy atom. The lowest BCUT2D eigenvalue weighted by molar-refractivity contribution is 0.112. The third-order valence-electron chi connectivity index (χ3n) is 2.44. The maximum Gasteiger partial charge on any atom is 0.182 e. The van der Waals surface area contributed by atoms with Crippen molar-refractivity contribution < 1.29 is 4.79 Å². The van der Waals surface area contributed by atoms with E-state index < -0.39 is 0 Å². The topological polar surface area (TPSA) is 60.2 Å². The number of aromatic nitrogens is 4. The SMILES string of the molecule is O=Cc1ccn2nc(-c3ccncc3)nc2c1. The number of pyridine rings is 2. The van der Waals surface area contributed by atoms with Gasteiger partial charge in [0.15, 0.2) is 11.5 Å². The molecule has 0 saturated heterocycles. The molecule has 0 unspecified atom stereocenters. The second-order valence-electron chi connectivity index (χ2n) is 3.55. The van der Waals surface area contributed by atoms with E-state index >= 15 is 0 Å². The minimum Gasteiger partial charge on any atom is -0.298 e. The Balaban J connectivity index is 2.17. The van der Waals surface area contributed by atoms with E-state index in [-0.39, 0.29) is 0 Å². The first-order chi connectivity index (χ1) is 8.36. The van der Waals surface area contributed by atoms with E-state index in [9.17, 15) is 4.79 Å². The molecule has 5 heteroatoms. The van der Waals surface area contributed by atoms with Crippen molar-refractivity contribution in [1.82, 2.24) is 19.6 Å². The van der Waals surface area contributed by atoms with Gasteiger partial charge in [-0.25, -0.2) is 9.50 Å². The van der Waals surface area contributed by atoms with Crippen LogP contribution in [0.25, 0.3) is 17.0 Å². The molecule has 3 rings (SSSR count). The summed E-state index contributed by atoms with van der Waals surface area (Å²) in [7, 11) is 0. The third kappa shape index (κ3) is 1.67. The summed E-state index contributed by atoms with van der Waals surface area (Å²) < 4.78 is 1.64. The Morgan fingerprint density at radius 2 is 2.00 bits per heavy atom. The predicted molar refractivity (Wildman–Crippen MR) is 61.6 cm³/mol. The molecule has 3 aromatic heterocycles. The molecular weight excluding hydrogens is 216 g/mol. The molecule has 0 fully saturated rings. The zero-order chi connectivity index (χ0) is 11.7. The minimum absolute atomic E-state index is 0.589. The zero-order valence-corrected chi connectivity index (χ0v) is 8.82. The smallest absolute Gasteiger partial charge is 0.182 e. The summed E-state index contributed by atoms with van der Waals surface area (Å²) in [6.45, 7) is 0. The Kier molecular flexibility index (Phi) is 2.15. The number of fused-ring (bicyclic) bond motifs is 1. The van der Waals surface area contributed by atoms with Gasteiger partial charge in [0, 0.05) is 29.7 Å². The molecular formula is C12H8N4O. The Hall–Kier alpha value is -2.56. The number of hydrogen-bond donors (Lipinski definition) is 0. The third-order valence-corrected chi connectivity index (χ3v) is 2.44.